The number of carbonyl (C=O) groups excluding carboxylic acids is 2. The summed E-state index contributed by atoms with van der Waals surface area (Å²) in [4.78, 5) is 27.1. The number of likely N-dealkylation sites (tertiary alicyclic amines) is 1. The zero-order chi connectivity index (χ0) is 24.2. The Hall–Kier alpha value is -2.94. The molecule has 1 fully saturated rings. The third kappa shape index (κ3) is 5.24. The maximum Gasteiger partial charge on any atom is 0.255 e. The summed E-state index contributed by atoms with van der Waals surface area (Å²) in [6.45, 7) is 3.04. The fraction of sp³-hybridized carbons (Fsp3) is 0.400. The maximum absolute atomic E-state index is 13.0. The summed E-state index contributed by atoms with van der Waals surface area (Å²) in [7, 11) is 0. The van der Waals surface area contributed by atoms with Gasteiger partial charge in [-0.05, 0) is 55.2 Å². The van der Waals surface area contributed by atoms with Gasteiger partial charge < -0.3 is 20.4 Å². The molecule has 2 aliphatic rings. The number of hydrogen-bond acceptors (Lipinski definition) is 6. The standard InChI is InChI=1S/C25H29ClN4O4/c1-16(17-8-10-20(11-9-17)30-14-4-12-27-30)28-24(33)22(31)23(32)25(34)29-13-3-7-21(29)18-5-2-6-19(26)15-18/h2,5-6,8-12,15-16,21-23,31-32H,3-4,7,13-14H2,1H3,(H,28,33)/t16-,21-,22-,23-/m1/s1. The molecule has 3 N–H and O–H groups in total. The van der Waals surface area contributed by atoms with Gasteiger partial charge in [0.05, 0.1) is 17.8 Å². The van der Waals surface area contributed by atoms with Crippen LogP contribution >= 0.6 is 11.6 Å². The molecule has 180 valence electrons. The lowest BCUT2D eigenvalue weighted by atomic mass is 10.0. The normalized spacial score (nSPS) is 20.3. The summed E-state index contributed by atoms with van der Waals surface area (Å²) in [5, 5.41) is 30.4. The average Bonchev–Trinajstić information content (AvgIpc) is 3.55. The van der Waals surface area contributed by atoms with E-state index in [9.17, 15) is 19.8 Å². The lowest BCUT2D eigenvalue weighted by Crippen LogP contribution is -2.50. The number of amides is 2. The average molecular weight is 485 g/mol. The van der Waals surface area contributed by atoms with E-state index in [4.69, 9.17) is 11.6 Å². The summed E-state index contributed by atoms with van der Waals surface area (Å²) >= 11 is 6.09. The van der Waals surface area contributed by atoms with E-state index >= 15 is 0 Å². The monoisotopic (exact) mass is 484 g/mol. The molecule has 0 aliphatic carbocycles. The Bertz CT molecular complexity index is 1060. The predicted molar refractivity (Wildman–Crippen MR) is 131 cm³/mol. The van der Waals surface area contributed by atoms with E-state index in [2.05, 4.69) is 10.4 Å². The van der Waals surface area contributed by atoms with Crippen molar-refractivity contribution in [3.05, 3.63) is 64.7 Å². The Morgan fingerprint density at radius 1 is 1.12 bits per heavy atom. The number of halogens is 1. The highest BCUT2D eigenvalue weighted by Gasteiger charge is 2.38. The van der Waals surface area contributed by atoms with Gasteiger partial charge >= 0.3 is 0 Å². The number of carbonyl (C=O) groups is 2. The van der Waals surface area contributed by atoms with E-state index in [1.165, 1.54) is 4.90 Å². The molecule has 4 rings (SSSR count). The van der Waals surface area contributed by atoms with E-state index in [1.54, 1.807) is 19.1 Å². The summed E-state index contributed by atoms with van der Waals surface area (Å²) in [5.41, 5.74) is 2.65. The van der Waals surface area contributed by atoms with Crippen LogP contribution in [0.25, 0.3) is 0 Å². The van der Waals surface area contributed by atoms with Gasteiger partial charge in [0, 0.05) is 30.7 Å². The van der Waals surface area contributed by atoms with Crippen molar-refractivity contribution in [1.29, 1.82) is 0 Å². The molecular weight excluding hydrogens is 456 g/mol. The second kappa shape index (κ2) is 10.5. The van der Waals surface area contributed by atoms with Gasteiger partial charge in [0.2, 0.25) is 0 Å². The molecule has 2 aliphatic heterocycles. The van der Waals surface area contributed by atoms with Gasteiger partial charge in [-0.25, -0.2) is 0 Å². The van der Waals surface area contributed by atoms with Gasteiger partial charge in [-0.1, -0.05) is 35.9 Å². The van der Waals surface area contributed by atoms with Crippen molar-refractivity contribution in [1.82, 2.24) is 10.2 Å². The van der Waals surface area contributed by atoms with Gasteiger partial charge in [-0.15, -0.1) is 0 Å². The van der Waals surface area contributed by atoms with Crippen LogP contribution < -0.4 is 10.3 Å². The van der Waals surface area contributed by atoms with Gasteiger partial charge in [0.1, 0.15) is 0 Å². The summed E-state index contributed by atoms with van der Waals surface area (Å²) in [5.74, 6) is -1.48. The highest BCUT2D eigenvalue weighted by atomic mass is 35.5. The van der Waals surface area contributed by atoms with Crippen molar-refractivity contribution in [3.63, 3.8) is 0 Å². The number of nitrogens with zero attached hydrogens (tertiary/aromatic N) is 3. The Labute approximate surface area is 203 Å². The Balaban J connectivity index is 1.36. The van der Waals surface area contributed by atoms with Gasteiger partial charge in [-0.3, -0.25) is 14.6 Å². The minimum Gasteiger partial charge on any atom is -0.380 e. The molecule has 2 aromatic rings. The molecule has 8 nitrogen and oxygen atoms in total. The number of rotatable bonds is 7. The second-order valence-electron chi connectivity index (χ2n) is 8.67. The molecule has 0 radical (unpaired) electrons. The number of nitrogens with one attached hydrogen (secondary N) is 1. The van der Waals surface area contributed by atoms with Crippen molar-refractivity contribution in [3.8, 4) is 0 Å². The zero-order valence-electron chi connectivity index (χ0n) is 19.0. The minimum atomic E-state index is -1.88. The molecule has 4 atom stereocenters. The van der Waals surface area contributed by atoms with Crippen molar-refractivity contribution >= 4 is 35.3 Å². The molecule has 2 amide bonds. The summed E-state index contributed by atoms with van der Waals surface area (Å²) < 4.78 is 0. The number of benzene rings is 2. The van der Waals surface area contributed by atoms with Crippen LogP contribution in [0.3, 0.4) is 0 Å². The highest BCUT2D eigenvalue weighted by Crippen LogP contribution is 2.33. The van der Waals surface area contributed by atoms with Crippen molar-refractivity contribution in [2.45, 2.75) is 50.5 Å². The quantitative estimate of drug-likeness (QED) is 0.560. The lowest BCUT2D eigenvalue weighted by molar-refractivity contribution is -0.154. The number of anilines is 1. The van der Waals surface area contributed by atoms with Gasteiger partial charge in [0.15, 0.2) is 12.2 Å². The van der Waals surface area contributed by atoms with Crippen molar-refractivity contribution in [2.75, 3.05) is 18.1 Å². The molecule has 34 heavy (non-hydrogen) atoms. The number of aliphatic hydroxyl groups is 2. The second-order valence-corrected chi connectivity index (χ2v) is 9.10. The minimum absolute atomic E-state index is 0.256. The third-order valence-corrected chi connectivity index (χ3v) is 6.57. The first-order valence-corrected chi connectivity index (χ1v) is 11.9. The Kier molecular flexibility index (Phi) is 7.50. The lowest BCUT2D eigenvalue weighted by Gasteiger charge is -2.29. The molecule has 2 aromatic carbocycles. The largest absolute Gasteiger partial charge is 0.380 e. The zero-order valence-corrected chi connectivity index (χ0v) is 19.7. The third-order valence-electron chi connectivity index (χ3n) is 6.33. The van der Waals surface area contributed by atoms with Gasteiger partial charge in [-0.2, -0.15) is 5.10 Å². The molecular formula is C25H29ClN4O4. The summed E-state index contributed by atoms with van der Waals surface area (Å²) in [6, 6.07) is 14.1. The van der Waals surface area contributed by atoms with Crippen LogP contribution in [0.2, 0.25) is 5.02 Å². The smallest absolute Gasteiger partial charge is 0.255 e. The van der Waals surface area contributed by atoms with Crippen molar-refractivity contribution < 1.29 is 19.8 Å². The predicted octanol–water partition coefficient (Wildman–Crippen LogP) is 2.80. The number of hydrazone groups is 1. The van der Waals surface area contributed by atoms with Crippen molar-refractivity contribution in [2.24, 2.45) is 5.10 Å². The van der Waals surface area contributed by atoms with Crippen LogP contribution in [0.1, 0.15) is 49.4 Å². The first-order valence-electron chi connectivity index (χ1n) is 11.5. The molecule has 0 unspecified atom stereocenters. The molecule has 0 aromatic heterocycles. The Morgan fingerprint density at radius 2 is 1.88 bits per heavy atom. The fourth-order valence-corrected chi connectivity index (χ4v) is 4.64. The topological polar surface area (TPSA) is 105 Å². The highest BCUT2D eigenvalue weighted by molar-refractivity contribution is 6.30. The number of hydrogen-bond donors (Lipinski definition) is 3. The fourth-order valence-electron chi connectivity index (χ4n) is 4.45. The van der Waals surface area contributed by atoms with E-state index in [0.29, 0.717) is 11.6 Å². The maximum atomic E-state index is 13.0. The van der Waals surface area contributed by atoms with Crippen LogP contribution in [0, 0.1) is 0 Å². The molecule has 2 heterocycles. The molecule has 0 bridgehead atoms. The SMILES string of the molecule is C[C@@H](NC(=O)[C@H](O)[C@@H](O)C(=O)N1CCC[C@@H]1c1cccc(Cl)c1)c1ccc(N2CCC=N2)cc1. The van der Waals surface area contributed by atoms with E-state index < -0.39 is 30.1 Å². The Morgan fingerprint density at radius 3 is 2.56 bits per heavy atom. The van der Waals surface area contributed by atoms with E-state index in [1.807, 2.05) is 47.6 Å². The first kappa shape index (κ1) is 24.2. The van der Waals surface area contributed by atoms with Crippen LogP contribution in [-0.4, -0.2) is 58.4 Å². The van der Waals surface area contributed by atoms with E-state index in [-0.39, 0.29) is 6.04 Å². The molecule has 0 saturated carbocycles. The van der Waals surface area contributed by atoms with Gasteiger partial charge in [0.25, 0.3) is 11.8 Å². The van der Waals surface area contributed by atoms with Crippen LogP contribution in [0.4, 0.5) is 5.69 Å². The molecule has 0 spiro atoms. The molecule has 9 heteroatoms. The van der Waals surface area contributed by atoms with E-state index in [0.717, 1.165) is 42.6 Å². The van der Waals surface area contributed by atoms with Crippen LogP contribution in [0.5, 0.6) is 0 Å². The molecule has 1 saturated heterocycles. The summed E-state index contributed by atoms with van der Waals surface area (Å²) in [6.07, 6.45) is 0.509. The number of aliphatic hydroxyl groups excluding tert-OH is 2. The first-order chi connectivity index (χ1) is 16.3. The van der Waals surface area contributed by atoms with Crippen LogP contribution in [-0.2, 0) is 9.59 Å². The van der Waals surface area contributed by atoms with Crippen LogP contribution in [0.15, 0.2) is 53.6 Å².